The standard InChI is InChI=1S/C24H27N5O3S/c1-15-20(21(30)28-18(23(31)32)13-8-14-27-24(25)26)29-22(33-15)19(16-9-4-2-5-10-16)17-11-6-3-7-12-17/h2-7,9-12,18-19H,8,13-14H2,1H3,(H,28,30)(H,31,32)(H4,25,26,27)/t18-/m0/s1. The van der Waals surface area contributed by atoms with E-state index in [1.807, 2.05) is 67.6 Å². The molecule has 0 aliphatic heterocycles. The zero-order chi connectivity index (χ0) is 23.8. The normalized spacial score (nSPS) is 11.7. The lowest BCUT2D eigenvalue weighted by molar-refractivity contribution is -0.139. The first-order valence-corrected chi connectivity index (χ1v) is 11.3. The van der Waals surface area contributed by atoms with Gasteiger partial charge in [0.1, 0.15) is 16.7 Å². The predicted molar refractivity (Wildman–Crippen MR) is 129 cm³/mol. The minimum absolute atomic E-state index is 0.0528. The van der Waals surface area contributed by atoms with Crippen LogP contribution in [0, 0.1) is 6.92 Å². The van der Waals surface area contributed by atoms with Gasteiger partial charge >= 0.3 is 5.97 Å². The molecule has 0 spiro atoms. The fourth-order valence-electron chi connectivity index (χ4n) is 3.51. The van der Waals surface area contributed by atoms with Crippen molar-refractivity contribution in [3.8, 4) is 0 Å². The molecule has 1 aromatic heterocycles. The Balaban J connectivity index is 1.83. The second-order valence-electron chi connectivity index (χ2n) is 7.52. The lowest BCUT2D eigenvalue weighted by atomic mass is 9.92. The van der Waals surface area contributed by atoms with Crippen LogP contribution in [0.2, 0.25) is 0 Å². The van der Waals surface area contributed by atoms with E-state index in [1.54, 1.807) is 0 Å². The summed E-state index contributed by atoms with van der Waals surface area (Å²) in [5.74, 6) is -1.81. The third-order valence-electron chi connectivity index (χ3n) is 5.09. The Bertz CT molecular complexity index is 1070. The highest BCUT2D eigenvalue weighted by Gasteiger charge is 2.26. The van der Waals surface area contributed by atoms with Gasteiger partial charge in [-0.15, -0.1) is 11.3 Å². The largest absolute Gasteiger partial charge is 0.480 e. The number of guanidine groups is 1. The van der Waals surface area contributed by atoms with Crippen molar-refractivity contribution in [2.24, 2.45) is 16.5 Å². The van der Waals surface area contributed by atoms with Crippen LogP contribution < -0.4 is 16.8 Å². The molecule has 1 amide bonds. The summed E-state index contributed by atoms with van der Waals surface area (Å²) in [6.45, 7) is 2.11. The van der Waals surface area contributed by atoms with Crippen molar-refractivity contribution in [1.29, 1.82) is 0 Å². The summed E-state index contributed by atoms with van der Waals surface area (Å²) in [5.41, 5.74) is 12.9. The number of carboxylic acids is 1. The van der Waals surface area contributed by atoms with E-state index in [4.69, 9.17) is 11.5 Å². The summed E-state index contributed by atoms with van der Waals surface area (Å²) in [5, 5.41) is 12.9. The van der Waals surface area contributed by atoms with Gasteiger partial charge in [0.25, 0.3) is 5.91 Å². The van der Waals surface area contributed by atoms with Crippen molar-refractivity contribution in [3.05, 3.63) is 87.4 Å². The highest BCUT2D eigenvalue weighted by atomic mass is 32.1. The smallest absolute Gasteiger partial charge is 0.326 e. The van der Waals surface area contributed by atoms with Crippen LogP contribution >= 0.6 is 11.3 Å². The topological polar surface area (TPSA) is 144 Å². The van der Waals surface area contributed by atoms with Gasteiger partial charge in [-0.2, -0.15) is 0 Å². The van der Waals surface area contributed by atoms with Gasteiger partial charge in [0, 0.05) is 11.4 Å². The van der Waals surface area contributed by atoms with Gasteiger partial charge in [-0.1, -0.05) is 60.7 Å². The molecule has 1 heterocycles. The van der Waals surface area contributed by atoms with Gasteiger partial charge in [0.2, 0.25) is 0 Å². The Labute approximate surface area is 196 Å². The van der Waals surface area contributed by atoms with E-state index >= 15 is 0 Å². The zero-order valence-corrected chi connectivity index (χ0v) is 19.1. The first-order valence-electron chi connectivity index (χ1n) is 10.5. The Morgan fingerprint density at radius 3 is 2.15 bits per heavy atom. The third-order valence-corrected chi connectivity index (χ3v) is 6.13. The number of aliphatic imine (C=N–C) groups is 1. The maximum atomic E-state index is 12.9. The third kappa shape index (κ3) is 6.39. The maximum Gasteiger partial charge on any atom is 0.326 e. The molecule has 6 N–H and O–H groups in total. The number of benzene rings is 2. The molecule has 3 aromatic rings. The van der Waals surface area contributed by atoms with Crippen LogP contribution in [0.5, 0.6) is 0 Å². The minimum Gasteiger partial charge on any atom is -0.480 e. The van der Waals surface area contributed by atoms with E-state index in [9.17, 15) is 14.7 Å². The number of nitrogens with one attached hydrogen (secondary N) is 1. The van der Waals surface area contributed by atoms with Crippen molar-refractivity contribution in [1.82, 2.24) is 10.3 Å². The van der Waals surface area contributed by atoms with Gasteiger partial charge in [-0.05, 0) is 30.9 Å². The second kappa shape index (κ2) is 11.2. The van der Waals surface area contributed by atoms with E-state index in [0.717, 1.165) is 21.0 Å². The summed E-state index contributed by atoms with van der Waals surface area (Å²) in [6.07, 6.45) is 0.616. The molecule has 3 rings (SSSR count). The van der Waals surface area contributed by atoms with Crippen molar-refractivity contribution in [2.45, 2.75) is 31.7 Å². The minimum atomic E-state index is -1.12. The van der Waals surface area contributed by atoms with Crippen LogP contribution in [-0.2, 0) is 4.79 Å². The summed E-state index contributed by atoms with van der Waals surface area (Å²) in [4.78, 5) is 33.8. The molecule has 0 aliphatic carbocycles. The predicted octanol–water partition coefficient (Wildman–Crippen LogP) is 2.87. The molecule has 172 valence electrons. The number of hydrogen-bond donors (Lipinski definition) is 4. The average Bonchev–Trinajstić information content (AvgIpc) is 3.18. The highest BCUT2D eigenvalue weighted by Crippen LogP contribution is 2.35. The fraction of sp³-hybridized carbons (Fsp3) is 0.250. The monoisotopic (exact) mass is 465 g/mol. The van der Waals surface area contributed by atoms with E-state index in [1.165, 1.54) is 11.3 Å². The lowest BCUT2D eigenvalue weighted by Crippen LogP contribution is -2.41. The molecule has 2 aromatic carbocycles. The highest BCUT2D eigenvalue weighted by molar-refractivity contribution is 7.12. The number of thiazole rings is 1. The Kier molecular flexibility index (Phi) is 8.15. The van der Waals surface area contributed by atoms with E-state index < -0.39 is 17.9 Å². The SMILES string of the molecule is Cc1sc(C(c2ccccc2)c2ccccc2)nc1C(=O)N[C@@H](CCCN=C(N)N)C(=O)O. The number of hydrogen-bond acceptors (Lipinski definition) is 5. The number of carbonyl (C=O) groups is 2. The number of nitrogens with zero attached hydrogens (tertiary/aromatic N) is 2. The first-order chi connectivity index (χ1) is 15.9. The van der Waals surface area contributed by atoms with Crippen LogP contribution in [0.25, 0.3) is 0 Å². The van der Waals surface area contributed by atoms with Crippen molar-refractivity contribution >= 4 is 29.2 Å². The Morgan fingerprint density at radius 1 is 1.06 bits per heavy atom. The van der Waals surface area contributed by atoms with Crippen LogP contribution in [0.15, 0.2) is 65.7 Å². The average molecular weight is 466 g/mol. The van der Waals surface area contributed by atoms with Crippen LogP contribution in [0.4, 0.5) is 0 Å². The van der Waals surface area contributed by atoms with Gasteiger partial charge in [-0.25, -0.2) is 9.78 Å². The lowest BCUT2D eigenvalue weighted by Gasteiger charge is -2.16. The van der Waals surface area contributed by atoms with Gasteiger partial charge in [-0.3, -0.25) is 9.79 Å². The molecule has 8 nitrogen and oxygen atoms in total. The molecule has 0 saturated heterocycles. The number of nitrogens with two attached hydrogens (primary N) is 2. The fourth-order valence-corrected chi connectivity index (χ4v) is 4.58. The summed E-state index contributed by atoms with van der Waals surface area (Å²) in [6, 6.07) is 18.9. The molecular formula is C24H27N5O3S. The summed E-state index contributed by atoms with van der Waals surface area (Å²) >= 11 is 1.44. The molecule has 9 heteroatoms. The molecule has 1 atom stereocenters. The number of carboxylic acid groups (broad SMARTS) is 1. The molecule has 0 aliphatic rings. The van der Waals surface area contributed by atoms with Gasteiger partial charge < -0.3 is 21.9 Å². The molecule has 0 fully saturated rings. The maximum absolute atomic E-state index is 12.9. The summed E-state index contributed by atoms with van der Waals surface area (Å²) in [7, 11) is 0. The summed E-state index contributed by atoms with van der Waals surface area (Å²) < 4.78 is 0. The van der Waals surface area contributed by atoms with Crippen molar-refractivity contribution in [2.75, 3.05) is 6.54 Å². The zero-order valence-electron chi connectivity index (χ0n) is 18.3. The number of carbonyl (C=O) groups excluding carboxylic acids is 1. The van der Waals surface area contributed by atoms with Crippen LogP contribution in [0.3, 0.4) is 0 Å². The quantitative estimate of drug-likeness (QED) is 0.206. The van der Waals surface area contributed by atoms with E-state index in [-0.39, 0.29) is 30.5 Å². The molecule has 33 heavy (non-hydrogen) atoms. The second-order valence-corrected chi connectivity index (χ2v) is 8.76. The molecular weight excluding hydrogens is 438 g/mol. The number of aryl methyl sites for hydroxylation is 1. The molecule has 0 unspecified atom stereocenters. The number of amides is 1. The van der Waals surface area contributed by atoms with Crippen molar-refractivity contribution in [3.63, 3.8) is 0 Å². The van der Waals surface area contributed by atoms with Gasteiger partial charge in [0.05, 0.1) is 5.92 Å². The van der Waals surface area contributed by atoms with Gasteiger partial charge in [0.15, 0.2) is 5.96 Å². The molecule has 0 bridgehead atoms. The number of rotatable bonds is 10. The number of aliphatic carboxylic acids is 1. The van der Waals surface area contributed by atoms with Crippen LogP contribution in [0.1, 0.15) is 50.3 Å². The Hall–Kier alpha value is -3.72. The van der Waals surface area contributed by atoms with Crippen molar-refractivity contribution < 1.29 is 14.7 Å². The Morgan fingerprint density at radius 2 is 1.64 bits per heavy atom. The number of aromatic nitrogens is 1. The van der Waals surface area contributed by atoms with E-state index in [0.29, 0.717) is 6.42 Å². The first kappa shape index (κ1) is 23.9. The van der Waals surface area contributed by atoms with E-state index in [2.05, 4.69) is 15.3 Å². The molecule has 0 saturated carbocycles. The van der Waals surface area contributed by atoms with Crippen LogP contribution in [-0.4, -0.2) is 40.5 Å². The molecule has 0 radical (unpaired) electrons.